The highest BCUT2D eigenvalue weighted by Crippen LogP contribution is 2.51. The molecule has 0 bridgehead atoms. The van der Waals surface area contributed by atoms with Crippen molar-refractivity contribution in [1.29, 1.82) is 0 Å². The molecule has 0 atom stereocenters. The maximum atomic E-state index is 7.31. The predicted molar refractivity (Wildman–Crippen MR) is 134 cm³/mol. The molecule has 0 saturated heterocycles. The first kappa shape index (κ1) is 24.3. The average Bonchev–Trinajstić information content (AvgIpc) is 2.81. The normalized spacial score (nSPS) is 19.9. The van der Waals surface area contributed by atoms with Gasteiger partial charge in [0.15, 0.2) is 0 Å². The zero-order valence-electron chi connectivity index (χ0n) is 18.2. The molecule has 0 aromatic rings. The third-order valence-corrected chi connectivity index (χ3v) is 19.6. The third-order valence-electron chi connectivity index (χ3n) is 6.94. The molecule has 2 rings (SSSR count). The first-order valence-electron chi connectivity index (χ1n) is 11.2. The standard InChI is InChI=1S/C24H40O2Si3/c1-7-27(8-2,9-3)25-29(23-19-15-13-16-20-23,24-21-17-14-18-22-24)26-28(10-4,11-5)12-6/h7-12,23-24H,1-6,13-22H2. The molecule has 0 amide bonds. The lowest BCUT2D eigenvalue weighted by atomic mass is 9.99. The number of hydrogen-bond acceptors (Lipinski definition) is 2. The van der Waals surface area contributed by atoms with E-state index in [2.05, 4.69) is 39.5 Å². The van der Waals surface area contributed by atoms with Crippen LogP contribution >= 0.6 is 0 Å². The van der Waals surface area contributed by atoms with Gasteiger partial charge in [-0.15, -0.1) is 39.5 Å². The zero-order valence-corrected chi connectivity index (χ0v) is 21.2. The molecule has 0 radical (unpaired) electrons. The fraction of sp³-hybridized carbons (Fsp3) is 0.500. The predicted octanol–water partition coefficient (Wildman–Crippen LogP) is 7.37. The van der Waals surface area contributed by atoms with Crippen molar-refractivity contribution in [1.82, 2.24) is 0 Å². The molecular formula is C24H40O2Si3. The zero-order chi connectivity index (χ0) is 21.4. The summed E-state index contributed by atoms with van der Waals surface area (Å²) < 4.78 is 14.6. The molecule has 0 spiro atoms. The van der Waals surface area contributed by atoms with E-state index in [0.29, 0.717) is 11.1 Å². The average molecular weight is 445 g/mol. The van der Waals surface area contributed by atoms with Crippen molar-refractivity contribution >= 4 is 25.2 Å². The summed E-state index contributed by atoms with van der Waals surface area (Å²) in [5.74, 6) is 0. The van der Waals surface area contributed by atoms with Crippen molar-refractivity contribution < 1.29 is 8.23 Å². The van der Waals surface area contributed by atoms with Crippen LogP contribution in [0.15, 0.2) is 73.7 Å². The van der Waals surface area contributed by atoms with Crippen LogP contribution in [-0.2, 0) is 8.23 Å². The lowest BCUT2D eigenvalue weighted by molar-refractivity contribution is 0.292. The Morgan fingerprint density at radius 3 is 1.00 bits per heavy atom. The van der Waals surface area contributed by atoms with Gasteiger partial charge in [0.1, 0.15) is 0 Å². The highest BCUT2D eigenvalue weighted by molar-refractivity contribution is 6.99. The molecule has 2 fully saturated rings. The fourth-order valence-corrected chi connectivity index (χ4v) is 18.7. The van der Waals surface area contributed by atoms with Crippen molar-refractivity contribution in [3.05, 3.63) is 73.7 Å². The van der Waals surface area contributed by atoms with Gasteiger partial charge in [-0.3, -0.25) is 0 Å². The maximum Gasteiger partial charge on any atom is 0.325 e. The highest BCUT2D eigenvalue weighted by atomic mass is 28.5. The van der Waals surface area contributed by atoms with E-state index in [4.69, 9.17) is 8.23 Å². The minimum atomic E-state index is -2.69. The summed E-state index contributed by atoms with van der Waals surface area (Å²) in [4.78, 5) is 0. The van der Waals surface area contributed by atoms with Crippen LogP contribution in [0.5, 0.6) is 0 Å². The summed E-state index contributed by atoms with van der Waals surface area (Å²) in [6.07, 6.45) is 12.4. The SMILES string of the molecule is C=C[Si](C=C)(C=C)O[Si](O[Si](C=C)(C=C)C=C)(C1CCCCC1)C1CCCCC1. The monoisotopic (exact) mass is 444 g/mol. The quantitative estimate of drug-likeness (QED) is 0.292. The van der Waals surface area contributed by atoms with E-state index >= 15 is 0 Å². The molecular weight excluding hydrogens is 405 g/mol. The van der Waals surface area contributed by atoms with Gasteiger partial charge in [-0.25, -0.2) is 0 Å². The molecule has 0 N–H and O–H groups in total. The van der Waals surface area contributed by atoms with E-state index in [1.165, 1.54) is 64.2 Å². The molecule has 0 heterocycles. The van der Waals surface area contributed by atoms with Gasteiger partial charge in [0, 0.05) is 11.1 Å². The summed E-state index contributed by atoms with van der Waals surface area (Å²) in [6, 6.07) is 0. The lowest BCUT2D eigenvalue weighted by Gasteiger charge is -2.51. The Hall–Kier alpha value is -0.989. The van der Waals surface area contributed by atoms with E-state index in [0.717, 1.165) is 0 Å². The summed E-state index contributed by atoms with van der Waals surface area (Å²) in [5.41, 5.74) is 12.7. The van der Waals surface area contributed by atoms with E-state index in [-0.39, 0.29) is 0 Å². The van der Waals surface area contributed by atoms with Gasteiger partial charge in [-0.05, 0) is 25.7 Å². The molecule has 160 valence electrons. The van der Waals surface area contributed by atoms with Crippen LogP contribution in [-0.4, -0.2) is 25.2 Å². The summed E-state index contributed by atoms with van der Waals surface area (Å²) in [7, 11) is -7.72. The Bertz CT molecular complexity index is 518. The topological polar surface area (TPSA) is 18.5 Å². The van der Waals surface area contributed by atoms with Gasteiger partial charge in [0.05, 0.1) is 0 Å². The minimum absolute atomic E-state index is 0.484. The van der Waals surface area contributed by atoms with Gasteiger partial charge >= 0.3 is 8.56 Å². The number of hydrogen-bond donors (Lipinski definition) is 0. The van der Waals surface area contributed by atoms with Crippen molar-refractivity contribution in [3.63, 3.8) is 0 Å². The van der Waals surface area contributed by atoms with Crippen LogP contribution in [0.2, 0.25) is 11.1 Å². The Balaban J connectivity index is 2.64. The molecule has 2 aliphatic rings. The fourth-order valence-electron chi connectivity index (χ4n) is 5.00. The molecule has 2 saturated carbocycles. The minimum Gasteiger partial charge on any atom is -0.426 e. The summed E-state index contributed by atoms with van der Waals surface area (Å²) in [5, 5.41) is 0. The Morgan fingerprint density at radius 1 is 0.483 bits per heavy atom. The highest BCUT2D eigenvalue weighted by Gasteiger charge is 2.57. The lowest BCUT2D eigenvalue weighted by Crippen LogP contribution is -2.62. The van der Waals surface area contributed by atoms with E-state index in [1.807, 2.05) is 34.2 Å². The van der Waals surface area contributed by atoms with E-state index < -0.39 is 25.2 Å². The van der Waals surface area contributed by atoms with E-state index in [9.17, 15) is 0 Å². The van der Waals surface area contributed by atoms with Crippen molar-refractivity contribution in [2.24, 2.45) is 0 Å². The molecule has 2 aliphatic carbocycles. The maximum absolute atomic E-state index is 7.31. The Labute approximate surface area is 182 Å². The summed E-state index contributed by atoms with van der Waals surface area (Å²) >= 11 is 0. The van der Waals surface area contributed by atoms with Gasteiger partial charge in [-0.2, -0.15) is 0 Å². The second kappa shape index (κ2) is 10.9. The molecule has 0 unspecified atom stereocenters. The second-order valence-corrected chi connectivity index (χ2v) is 19.1. The first-order chi connectivity index (χ1) is 14.0. The van der Waals surface area contributed by atoms with Crippen molar-refractivity contribution in [3.8, 4) is 0 Å². The smallest absolute Gasteiger partial charge is 0.325 e. The van der Waals surface area contributed by atoms with Gasteiger partial charge in [-0.1, -0.05) is 72.7 Å². The molecule has 29 heavy (non-hydrogen) atoms. The molecule has 2 nitrogen and oxygen atoms in total. The summed E-state index contributed by atoms with van der Waals surface area (Å²) in [6.45, 7) is 24.7. The molecule has 0 aliphatic heterocycles. The van der Waals surface area contributed by atoms with Crippen LogP contribution in [0.4, 0.5) is 0 Å². The number of rotatable bonds is 12. The Kier molecular flexibility index (Phi) is 9.10. The molecule has 0 aromatic heterocycles. The molecule has 0 aromatic carbocycles. The van der Waals surface area contributed by atoms with Crippen LogP contribution < -0.4 is 0 Å². The van der Waals surface area contributed by atoms with Gasteiger partial charge in [0.2, 0.25) is 0 Å². The largest absolute Gasteiger partial charge is 0.426 e. The molecule has 5 heteroatoms. The van der Waals surface area contributed by atoms with Gasteiger partial charge < -0.3 is 8.23 Å². The first-order valence-corrected chi connectivity index (χ1v) is 17.5. The third kappa shape index (κ3) is 5.20. The van der Waals surface area contributed by atoms with Crippen LogP contribution in [0.25, 0.3) is 0 Å². The van der Waals surface area contributed by atoms with Crippen molar-refractivity contribution in [2.75, 3.05) is 0 Å². The van der Waals surface area contributed by atoms with E-state index in [1.54, 1.807) is 0 Å². The van der Waals surface area contributed by atoms with Crippen LogP contribution in [0, 0.1) is 0 Å². The van der Waals surface area contributed by atoms with Crippen LogP contribution in [0.3, 0.4) is 0 Å². The van der Waals surface area contributed by atoms with Crippen molar-refractivity contribution in [2.45, 2.75) is 75.3 Å². The van der Waals surface area contributed by atoms with Gasteiger partial charge in [0.25, 0.3) is 16.6 Å². The van der Waals surface area contributed by atoms with Crippen LogP contribution in [0.1, 0.15) is 64.2 Å². The Morgan fingerprint density at radius 2 is 0.759 bits per heavy atom. The second-order valence-electron chi connectivity index (χ2n) is 8.53.